The lowest BCUT2D eigenvalue weighted by Gasteiger charge is -2.41. The predicted molar refractivity (Wildman–Crippen MR) is 134 cm³/mol. The van der Waals surface area contributed by atoms with Crippen molar-refractivity contribution in [3.05, 3.63) is 48.3 Å². The first-order chi connectivity index (χ1) is 16.8. The molecule has 0 unspecified atom stereocenters. The number of amides is 4. The summed E-state index contributed by atoms with van der Waals surface area (Å²) in [5, 5.41) is 5.19. The van der Waals surface area contributed by atoms with Gasteiger partial charge in [-0.25, -0.2) is 4.79 Å². The number of rotatable bonds is 7. The topological polar surface area (TPSA) is 94.6 Å². The van der Waals surface area contributed by atoms with Crippen LogP contribution in [0.4, 0.5) is 10.5 Å². The van der Waals surface area contributed by atoms with E-state index >= 15 is 0 Å². The first-order valence-corrected chi connectivity index (χ1v) is 12.5. The van der Waals surface area contributed by atoms with E-state index in [1.54, 1.807) is 0 Å². The summed E-state index contributed by atoms with van der Waals surface area (Å²) in [5.41, 5.74) is 3.49. The summed E-state index contributed by atoms with van der Waals surface area (Å²) in [5.74, 6) is 0.218. The molecule has 1 saturated carbocycles. The van der Waals surface area contributed by atoms with Crippen LogP contribution in [0.1, 0.15) is 44.7 Å². The summed E-state index contributed by atoms with van der Waals surface area (Å²) >= 11 is 0. The molecular weight excluding hydrogens is 442 g/mol. The molecule has 8 heteroatoms. The highest BCUT2D eigenvalue weighted by Crippen LogP contribution is 2.39. The number of piperazine rings is 1. The smallest absolute Gasteiger partial charge is 0.322 e. The summed E-state index contributed by atoms with van der Waals surface area (Å²) in [6, 6.07) is 12.3. The zero-order chi connectivity index (χ0) is 24.6. The van der Waals surface area contributed by atoms with Crippen molar-refractivity contribution in [3.8, 4) is 11.1 Å². The molecular formula is C27H33N5O3. The van der Waals surface area contributed by atoms with Crippen molar-refractivity contribution in [2.24, 2.45) is 5.92 Å². The lowest BCUT2D eigenvalue weighted by atomic mass is 9.87. The number of aromatic nitrogens is 1. The Morgan fingerprint density at radius 3 is 2.63 bits per heavy atom. The maximum Gasteiger partial charge on any atom is 0.322 e. The molecule has 8 nitrogen and oxygen atoms in total. The van der Waals surface area contributed by atoms with Crippen molar-refractivity contribution in [1.82, 2.24) is 20.5 Å². The molecule has 5 rings (SSSR count). The molecule has 2 aliphatic heterocycles. The first-order valence-electron chi connectivity index (χ1n) is 12.5. The van der Waals surface area contributed by atoms with Crippen LogP contribution in [0.15, 0.2) is 42.6 Å². The number of hydrogen-bond acceptors (Lipinski definition) is 5. The third-order valence-electron chi connectivity index (χ3n) is 7.50. The minimum atomic E-state index is -0.937. The number of nitrogens with one attached hydrogen (secondary N) is 2. The average molecular weight is 476 g/mol. The molecule has 3 fully saturated rings. The van der Waals surface area contributed by atoms with E-state index in [0.717, 1.165) is 41.9 Å². The summed E-state index contributed by atoms with van der Waals surface area (Å²) in [6.07, 6.45) is 5.22. The molecule has 0 bridgehead atoms. The van der Waals surface area contributed by atoms with Gasteiger partial charge in [0, 0.05) is 49.7 Å². The van der Waals surface area contributed by atoms with Gasteiger partial charge in [-0.3, -0.25) is 19.9 Å². The summed E-state index contributed by atoms with van der Waals surface area (Å²) in [7, 11) is 0. The Kier molecular flexibility index (Phi) is 6.21. The SMILES string of the molecule is Cc1cc(-c2cccc(N3CCN(C(=O)CC[C@]4(CC5CC5)NC(=O)NC4=O)C[C@@H]3C)c2)ccn1. The normalized spacial score (nSPS) is 24.3. The minimum absolute atomic E-state index is 0.0432. The van der Waals surface area contributed by atoms with Gasteiger partial charge >= 0.3 is 6.03 Å². The summed E-state index contributed by atoms with van der Waals surface area (Å²) in [6.45, 7) is 6.14. The van der Waals surface area contributed by atoms with E-state index in [0.29, 0.717) is 31.8 Å². The van der Waals surface area contributed by atoms with E-state index < -0.39 is 11.6 Å². The van der Waals surface area contributed by atoms with Gasteiger partial charge in [-0.1, -0.05) is 25.0 Å². The number of carbonyl (C=O) groups excluding carboxylic acids is 3. The Balaban J connectivity index is 1.21. The molecule has 3 aliphatic rings. The van der Waals surface area contributed by atoms with Crippen molar-refractivity contribution >= 4 is 23.5 Å². The molecule has 2 aromatic rings. The monoisotopic (exact) mass is 475 g/mol. The highest BCUT2D eigenvalue weighted by molar-refractivity contribution is 6.07. The molecule has 2 atom stereocenters. The number of hydrogen-bond donors (Lipinski definition) is 2. The zero-order valence-electron chi connectivity index (χ0n) is 20.4. The second kappa shape index (κ2) is 9.32. The number of urea groups is 1. The van der Waals surface area contributed by atoms with Crippen molar-refractivity contribution in [2.75, 3.05) is 24.5 Å². The number of carbonyl (C=O) groups is 3. The number of anilines is 1. The first kappa shape index (κ1) is 23.3. The standard InChI is InChI=1S/C27H33N5O3/c1-18-14-22(9-11-28-18)21-4-3-5-23(15-21)32-13-12-31(17-19(32)2)24(33)8-10-27(16-20-6-7-20)25(34)29-26(35)30-27/h3-5,9,11,14-15,19-20H,6-8,10,12-13,16-17H2,1-2H3,(H2,29,30,34,35)/t19-,27+/m0/s1. The Morgan fingerprint density at radius 1 is 1.14 bits per heavy atom. The molecule has 1 aliphatic carbocycles. The number of imide groups is 1. The number of aryl methyl sites for hydroxylation is 1. The quantitative estimate of drug-likeness (QED) is 0.600. The third-order valence-corrected chi connectivity index (χ3v) is 7.50. The number of pyridine rings is 1. The highest BCUT2D eigenvalue weighted by atomic mass is 16.2. The molecule has 2 saturated heterocycles. The van der Waals surface area contributed by atoms with Crippen molar-refractivity contribution in [2.45, 2.75) is 57.5 Å². The van der Waals surface area contributed by atoms with E-state index in [9.17, 15) is 14.4 Å². The Labute approximate surface area is 206 Å². The van der Waals surface area contributed by atoms with Gasteiger partial charge in [0.25, 0.3) is 5.91 Å². The van der Waals surface area contributed by atoms with E-state index in [1.165, 1.54) is 0 Å². The van der Waals surface area contributed by atoms with Gasteiger partial charge in [-0.05, 0) is 68.0 Å². The van der Waals surface area contributed by atoms with Crippen LogP contribution in [0.5, 0.6) is 0 Å². The Hall–Kier alpha value is -3.42. The molecule has 1 aromatic heterocycles. The molecule has 35 heavy (non-hydrogen) atoms. The molecule has 4 amide bonds. The van der Waals surface area contributed by atoms with E-state index in [-0.39, 0.29) is 24.3 Å². The Bertz CT molecular complexity index is 1150. The van der Waals surface area contributed by atoms with Crippen LogP contribution in [0.2, 0.25) is 0 Å². The number of benzene rings is 1. The van der Waals surface area contributed by atoms with Crippen LogP contribution >= 0.6 is 0 Å². The van der Waals surface area contributed by atoms with Gasteiger partial charge in [0.05, 0.1) is 0 Å². The third kappa shape index (κ3) is 5.01. The van der Waals surface area contributed by atoms with Gasteiger partial charge in [0.15, 0.2) is 0 Å². The van der Waals surface area contributed by atoms with Gasteiger partial charge in [0.2, 0.25) is 5.91 Å². The van der Waals surface area contributed by atoms with Gasteiger partial charge in [-0.2, -0.15) is 0 Å². The van der Waals surface area contributed by atoms with E-state index in [1.807, 2.05) is 24.1 Å². The van der Waals surface area contributed by atoms with Crippen molar-refractivity contribution in [1.29, 1.82) is 0 Å². The maximum absolute atomic E-state index is 13.1. The average Bonchev–Trinajstić information content (AvgIpc) is 3.61. The fourth-order valence-corrected chi connectivity index (χ4v) is 5.40. The van der Waals surface area contributed by atoms with Crippen LogP contribution in [-0.2, 0) is 9.59 Å². The van der Waals surface area contributed by atoms with Gasteiger partial charge in [0.1, 0.15) is 5.54 Å². The highest BCUT2D eigenvalue weighted by Gasteiger charge is 2.49. The summed E-state index contributed by atoms with van der Waals surface area (Å²) < 4.78 is 0. The van der Waals surface area contributed by atoms with Crippen LogP contribution in [-0.4, -0.2) is 58.9 Å². The van der Waals surface area contributed by atoms with Crippen LogP contribution in [0, 0.1) is 12.8 Å². The molecule has 0 radical (unpaired) electrons. The van der Waals surface area contributed by atoms with E-state index in [4.69, 9.17) is 0 Å². The zero-order valence-corrected chi connectivity index (χ0v) is 20.4. The Morgan fingerprint density at radius 2 is 1.94 bits per heavy atom. The van der Waals surface area contributed by atoms with E-state index in [2.05, 4.69) is 57.8 Å². The van der Waals surface area contributed by atoms with Gasteiger partial charge in [-0.15, -0.1) is 0 Å². The predicted octanol–water partition coefficient (Wildman–Crippen LogP) is 3.25. The molecule has 1 aromatic carbocycles. The second-order valence-corrected chi connectivity index (χ2v) is 10.3. The van der Waals surface area contributed by atoms with Crippen LogP contribution < -0.4 is 15.5 Å². The summed E-state index contributed by atoms with van der Waals surface area (Å²) in [4.78, 5) is 46.0. The molecule has 2 N–H and O–H groups in total. The fraction of sp³-hybridized carbons (Fsp3) is 0.481. The lowest BCUT2D eigenvalue weighted by molar-refractivity contribution is -0.133. The number of nitrogens with zero attached hydrogens (tertiary/aromatic N) is 3. The minimum Gasteiger partial charge on any atom is -0.365 e. The molecule has 184 valence electrons. The van der Waals surface area contributed by atoms with Gasteiger partial charge < -0.3 is 15.1 Å². The molecule has 3 heterocycles. The molecule has 0 spiro atoms. The van der Waals surface area contributed by atoms with Crippen LogP contribution in [0.3, 0.4) is 0 Å². The van der Waals surface area contributed by atoms with Crippen LogP contribution in [0.25, 0.3) is 11.1 Å². The maximum atomic E-state index is 13.1. The van der Waals surface area contributed by atoms with Crippen molar-refractivity contribution < 1.29 is 14.4 Å². The fourth-order valence-electron chi connectivity index (χ4n) is 5.40. The van der Waals surface area contributed by atoms with Crippen molar-refractivity contribution in [3.63, 3.8) is 0 Å². The lowest BCUT2D eigenvalue weighted by Crippen LogP contribution is -2.54. The largest absolute Gasteiger partial charge is 0.365 e. The second-order valence-electron chi connectivity index (χ2n) is 10.3.